The average molecular weight is 315 g/mol. The van der Waals surface area contributed by atoms with E-state index in [0.29, 0.717) is 27.0 Å². The second-order valence-electron chi connectivity index (χ2n) is 3.80. The van der Waals surface area contributed by atoms with Gasteiger partial charge in [0.1, 0.15) is 10.8 Å². The predicted octanol–water partition coefficient (Wildman–Crippen LogP) is 4.51. The fraction of sp³-hybridized carbons (Fsp3) is 0. The summed E-state index contributed by atoms with van der Waals surface area (Å²) in [5.41, 5.74) is 7.20. The Hall–Kier alpha value is -1.36. The number of hydrogen-bond acceptors (Lipinski definition) is 2. The fourth-order valence-corrected chi connectivity index (χ4v) is 2.19. The van der Waals surface area contributed by atoms with E-state index in [1.54, 1.807) is 24.3 Å². The van der Waals surface area contributed by atoms with Crippen molar-refractivity contribution in [1.82, 2.24) is 0 Å². The molecule has 0 saturated heterocycles. The lowest BCUT2D eigenvalue weighted by atomic mass is 10.1. The number of halogens is 3. The van der Waals surface area contributed by atoms with Crippen LogP contribution in [0.1, 0.15) is 5.56 Å². The Bertz CT molecular complexity index is 647. The summed E-state index contributed by atoms with van der Waals surface area (Å²) in [6.07, 6.45) is 0. The van der Waals surface area contributed by atoms with Gasteiger partial charge in [0.25, 0.3) is 0 Å². The quantitative estimate of drug-likeness (QED) is 0.819. The summed E-state index contributed by atoms with van der Waals surface area (Å²) in [6.45, 7) is 0. The molecule has 0 amide bonds. The van der Waals surface area contributed by atoms with Crippen LogP contribution in [0.25, 0.3) is 0 Å². The molecule has 0 bridgehead atoms. The summed E-state index contributed by atoms with van der Waals surface area (Å²) in [5.74, 6) is -0.407. The molecular weight excluding hydrogens is 306 g/mol. The van der Waals surface area contributed by atoms with Crippen LogP contribution in [0, 0.1) is 5.82 Å². The molecule has 2 nitrogen and oxygen atoms in total. The molecule has 0 spiro atoms. The van der Waals surface area contributed by atoms with Crippen molar-refractivity contribution >= 4 is 51.8 Å². The number of anilines is 2. The van der Waals surface area contributed by atoms with Gasteiger partial charge in [-0.15, -0.1) is 0 Å². The standard InChI is InChI=1S/C13H9Cl2FN2S/c14-7-1-3-12(10(15)5-7)18-11-4-2-8(16)6-9(11)13(17)19/h1-6,18H,(H2,17,19). The Morgan fingerprint density at radius 3 is 2.42 bits per heavy atom. The summed E-state index contributed by atoms with van der Waals surface area (Å²) >= 11 is 16.8. The summed E-state index contributed by atoms with van der Waals surface area (Å²) in [5, 5.41) is 4.03. The number of nitrogens with one attached hydrogen (secondary N) is 1. The molecule has 19 heavy (non-hydrogen) atoms. The molecule has 0 fully saturated rings. The van der Waals surface area contributed by atoms with Crippen LogP contribution >= 0.6 is 35.4 Å². The van der Waals surface area contributed by atoms with E-state index in [4.69, 9.17) is 41.2 Å². The molecule has 3 N–H and O–H groups in total. The van der Waals surface area contributed by atoms with E-state index >= 15 is 0 Å². The van der Waals surface area contributed by atoms with Crippen molar-refractivity contribution in [2.45, 2.75) is 0 Å². The molecular formula is C13H9Cl2FN2S. The SMILES string of the molecule is NC(=S)c1cc(F)ccc1Nc1ccc(Cl)cc1Cl. The summed E-state index contributed by atoms with van der Waals surface area (Å²) in [7, 11) is 0. The van der Waals surface area contributed by atoms with E-state index < -0.39 is 5.82 Å². The second kappa shape index (κ2) is 5.74. The Kier molecular flexibility index (Phi) is 4.24. The third-order valence-electron chi connectivity index (χ3n) is 2.45. The molecule has 0 saturated carbocycles. The smallest absolute Gasteiger partial charge is 0.124 e. The molecule has 0 aliphatic rings. The van der Waals surface area contributed by atoms with Gasteiger partial charge in [-0.1, -0.05) is 35.4 Å². The van der Waals surface area contributed by atoms with Crippen LogP contribution in [0.2, 0.25) is 10.0 Å². The largest absolute Gasteiger partial charge is 0.389 e. The minimum Gasteiger partial charge on any atom is -0.389 e. The highest BCUT2D eigenvalue weighted by atomic mass is 35.5. The van der Waals surface area contributed by atoms with Gasteiger partial charge in [0.2, 0.25) is 0 Å². The molecule has 0 unspecified atom stereocenters. The van der Waals surface area contributed by atoms with Crippen LogP contribution in [0.3, 0.4) is 0 Å². The van der Waals surface area contributed by atoms with Crippen LogP contribution in [0.4, 0.5) is 15.8 Å². The minimum absolute atomic E-state index is 0.104. The third-order valence-corrected chi connectivity index (χ3v) is 3.22. The van der Waals surface area contributed by atoms with Crippen molar-refractivity contribution in [1.29, 1.82) is 0 Å². The number of hydrogen-bond donors (Lipinski definition) is 2. The molecule has 2 aromatic carbocycles. The molecule has 0 aromatic heterocycles. The number of thiocarbonyl (C=S) groups is 1. The molecule has 6 heteroatoms. The van der Waals surface area contributed by atoms with Crippen LogP contribution in [-0.2, 0) is 0 Å². The molecule has 98 valence electrons. The second-order valence-corrected chi connectivity index (χ2v) is 5.09. The van der Waals surface area contributed by atoms with Gasteiger partial charge in [-0.2, -0.15) is 0 Å². The van der Waals surface area contributed by atoms with Crippen molar-refractivity contribution in [3.63, 3.8) is 0 Å². The first-order valence-electron chi connectivity index (χ1n) is 5.29. The van der Waals surface area contributed by atoms with Gasteiger partial charge in [0.15, 0.2) is 0 Å². The lowest BCUT2D eigenvalue weighted by molar-refractivity contribution is 0.628. The molecule has 0 aliphatic heterocycles. The van der Waals surface area contributed by atoms with Gasteiger partial charge >= 0.3 is 0 Å². The lowest BCUT2D eigenvalue weighted by Gasteiger charge is -2.12. The first-order valence-corrected chi connectivity index (χ1v) is 6.45. The van der Waals surface area contributed by atoms with E-state index in [-0.39, 0.29) is 4.99 Å². The van der Waals surface area contributed by atoms with Crippen molar-refractivity contribution in [2.75, 3.05) is 5.32 Å². The molecule has 2 rings (SSSR count). The highest BCUT2D eigenvalue weighted by molar-refractivity contribution is 7.80. The first-order chi connectivity index (χ1) is 8.97. The Labute approximate surface area is 125 Å². The van der Waals surface area contributed by atoms with Gasteiger partial charge in [0, 0.05) is 16.3 Å². The van der Waals surface area contributed by atoms with Crippen LogP contribution in [0.15, 0.2) is 36.4 Å². The highest BCUT2D eigenvalue weighted by Crippen LogP contribution is 2.29. The van der Waals surface area contributed by atoms with Gasteiger partial charge in [-0.05, 0) is 36.4 Å². The van der Waals surface area contributed by atoms with E-state index in [1.165, 1.54) is 12.1 Å². The fourth-order valence-electron chi connectivity index (χ4n) is 1.57. The maximum atomic E-state index is 13.2. The zero-order valence-electron chi connectivity index (χ0n) is 9.58. The van der Waals surface area contributed by atoms with Gasteiger partial charge in [-0.25, -0.2) is 4.39 Å². The number of rotatable bonds is 3. The summed E-state index contributed by atoms with van der Waals surface area (Å²) in [6, 6.07) is 9.16. The van der Waals surface area contributed by atoms with Crippen molar-refractivity contribution in [2.24, 2.45) is 5.73 Å². The van der Waals surface area contributed by atoms with E-state index in [2.05, 4.69) is 5.32 Å². The summed E-state index contributed by atoms with van der Waals surface area (Å²) in [4.78, 5) is 0.104. The molecule has 0 aliphatic carbocycles. The van der Waals surface area contributed by atoms with E-state index in [1.807, 2.05) is 0 Å². The Morgan fingerprint density at radius 1 is 1.11 bits per heavy atom. The maximum absolute atomic E-state index is 13.2. The van der Waals surface area contributed by atoms with E-state index in [9.17, 15) is 4.39 Å². The normalized spacial score (nSPS) is 10.3. The van der Waals surface area contributed by atoms with Gasteiger partial charge in [-0.3, -0.25) is 0 Å². The monoisotopic (exact) mass is 314 g/mol. The third kappa shape index (κ3) is 3.35. The Balaban J connectivity index is 2.40. The molecule has 2 aromatic rings. The number of benzene rings is 2. The van der Waals surface area contributed by atoms with E-state index in [0.717, 1.165) is 0 Å². The minimum atomic E-state index is -0.407. The predicted molar refractivity (Wildman–Crippen MR) is 82.0 cm³/mol. The lowest BCUT2D eigenvalue weighted by Crippen LogP contribution is -2.12. The molecule has 0 atom stereocenters. The highest BCUT2D eigenvalue weighted by Gasteiger charge is 2.09. The zero-order valence-corrected chi connectivity index (χ0v) is 11.9. The zero-order chi connectivity index (χ0) is 14.0. The maximum Gasteiger partial charge on any atom is 0.124 e. The van der Waals surface area contributed by atoms with Crippen LogP contribution in [0.5, 0.6) is 0 Å². The Morgan fingerprint density at radius 2 is 1.79 bits per heavy atom. The first kappa shape index (κ1) is 14.1. The topological polar surface area (TPSA) is 38.0 Å². The van der Waals surface area contributed by atoms with Crippen LogP contribution in [-0.4, -0.2) is 4.99 Å². The van der Waals surface area contributed by atoms with Crippen molar-refractivity contribution in [3.05, 3.63) is 57.8 Å². The van der Waals surface area contributed by atoms with Gasteiger partial charge < -0.3 is 11.1 Å². The molecule has 0 radical (unpaired) electrons. The molecule has 0 heterocycles. The van der Waals surface area contributed by atoms with Crippen molar-refractivity contribution < 1.29 is 4.39 Å². The van der Waals surface area contributed by atoms with Gasteiger partial charge in [0.05, 0.1) is 10.7 Å². The van der Waals surface area contributed by atoms with Crippen LogP contribution < -0.4 is 11.1 Å². The average Bonchev–Trinajstić information content (AvgIpc) is 2.34. The van der Waals surface area contributed by atoms with Crippen molar-refractivity contribution in [3.8, 4) is 0 Å². The summed E-state index contributed by atoms with van der Waals surface area (Å²) < 4.78 is 13.2. The number of nitrogens with two attached hydrogens (primary N) is 1.